The number of nitrogens with zero attached hydrogens (tertiary/aromatic N) is 6. The Labute approximate surface area is 167 Å². The van der Waals surface area contributed by atoms with E-state index in [1.807, 2.05) is 45.0 Å². The lowest BCUT2D eigenvalue weighted by molar-refractivity contribution is -0.121. The number of nitrogens with one attached hydrogen (secondary N) is 1. The zero-order chi connectivity index (χ0) is 20.4. The summed E-state index contributed by atoms with van der Waals surface area (Å²) in [4.78, 5) is 12.2. The Hall–Kier alpha value is -3.49. The number of hydrogen-bond donors (Lipinski definition) is 1. The Bertz CT molecular complexity index is 1140. The molecule has 0 aliphatic carbocycles. The zero-order valence-corrected chi connectivity index (χ0v) is 16.7. The Morgan fingerprint density at radius 1 is 1.10 bits per heavy atom. The molecule has 4 rings (SSSR count). The molecule has 0 aliphatic rings. The first-order valence-electron chi connectivity index (χ1n) is 9.56. The predicted molar refractivity (Wildman–Crippen MR) is 106 cm³/mol. The molecule has 0 atom stereocenters. The van der Waals surface area contributed by atoms with E-state index in [1.54, 1.807) is 15.5 Å². The molecule has 0 radical (unpaired) electrons. The second-order valence-corrected chi connectivity index (χ2v) is 6.95. The van der Waals surface area contributed by atoms with E-state index in [4.69, 9.17) is 4.42 Å². The van der Waals surface area contributed by atoms with Gasteiger partial charge in [0.2, 0.25) is 5.91 Å². The van der Waals surface area contributed by atoms with Crippen molar-refractivity contribution in [2.45, 2.75) is 40.0 Å². The van der Waals surface area contributed by atoms with Crippen LogP contribution in [0.1, 0.15) is 35.0 Å². The van der Waals surface area contributed by atoms with Gasteiger partial charge in [-0.05, 0) is 57.0 Å². The highest BCUT2D eigenvalue weighted by Gasteiger charge is 2.16. The first kappa shape index (κ1) is 18.9. The average Bonchev–Trinajstić information content (AvgIpc) is 3.41. The number of rotatable bonds is 7. The van der Waals surface area contributed by atoms with E-state index < -0.39 is 0 Å². The zero-order valence-electron chi connectivity index (χ0n) is 16.7. The number of furan rings is 1. The van der Waals surface area contributed by atoms with E-state index >= 15 is 0 Å². The smallest absolute Gasteiger partial charge is 0.220 e. The molecule has 150 valence electrons. The number of amides is 1. The van der Waals surface area contributed by atoms with Crippen molar-refractivity contribution in [3.8, 4) is 5.82 Å². The van der Waals surface area contributed by atoms with Crippen molar-refractivity contribution in [3.05, 3.63) is 59.1 Å². The van der Waals surface area contributed by atoms with Gasteiger partial charge >= 0.3 is 0 Å². The summed E-state index contributed by atoms with van der Waals surface area (Å²) in [6.07, 6.45) is 3.35. The molecule has 0 fully saturated rings. The van der Waals surface area contributed by atoms with Crippen molar-refractivity contribution in [2.24, 2.45) is 0 Å². The van der Waals surface area contributed by atoms with Crippen LogP contribution in [0.3, 0.4) is 0 Å². The van der Waals surface area contributed by atoms with E-state index in [-0.39, 0.29) is 5.91 Å². The lowest BCUT2D eigenvalue weighted by atomic mass is 10.1. The van der Waals surface area contributed by atoms with E-state index in [0.29, 0.717) is 37.3 Å². The van der Waals surface area contributed by atoms with Crippen molar-refractivity contribution in [3.63, 3.8) is 0 Å². The summed E-state index contributed by atoms with van der Waals surface area (Å²) in [7, 11) is 0. The molecule has 4 aromatic rings. The van der Waals surface area contributed by atoms with Crippen LogP contribution in [-0.2, 0) is 17.6 Å². The summed E-state index contributed by atoms with van der Waals surface area (Å²) >= 11 is 0. The molecule has 0 unspecified atom stereocenters. The number of aromatic nitrogens is 6. The summed E-state index contributed by atoms with van der Waals surface area (Å²) in [5.74, 6) is 2.29. The van der Waals surface area contributed by atoms with Crippen molar-refractivity contribution >= 4 is 11.6 Å². The van der Waals surface area contributed by atoms with Gasteiger partial charge < -0.3 is 9.73 Å². The fraction of sp³-hybridized carbons (Fsp3) is 0.350. The van der Waals surface area contributed by atoms with Gasteiger partial charge in [-0.2, -0.15) is 9.61 Å². The van der Waals surface area contributed by atoms with Gasteiger partial charge in [-0.3, -0.25) is 4.79 Å². The van der Waals surface area contributed by atoms with E-state index in [1.165, 1.54) is 0 Å². The lowest BCUT2D eigenvalue weighted by Crippen LogP contribution is -2.25. The maximum atomic E-state index is 12.2. The number of carbonyl (C=O) groups is 1. The molecule has 4 heterocycles. The van der Waals surface area contributed by atoms with Gasteiger partial charge in [0.15, 0.2) is 17.3 Å². The predicted octanol–water partition coefficient (Wildman–Crippen LogP) is 2.12. The number of fused-ring (bicyclic) bond motifs is 1. The summed E-state index contributed by atoms with van der Waals surface area (Å²) in [5, 5.41) is 20.2. The van der Waals surface area contributed by atoms with Crippen molar-refractivity contribution in [1.29, 1.82) is 0 Å². The highest BCUT2D eigenvalue weighted by atomic mass is 16.3. The van der Waals surface area contributed by atoms with Crippen molar-refractivity contribution < 1.29 is 9.21 Å². The van der Waals surface area contributed by atoms with Gasteiger partial charge in [0, 0.05) is 25.1 Å². The quantitative estimate of drug-likeness (QED) is 0.516. The molecule has 9 heteroatoms. The number of carbonyl (C=O) groups excluding carboxylic acids is 1. The van der Waals surface area contributed by atoms with Crippen LogP contribution in [0.5, 0.6) is 0 Å². The summed E-state index contributed by atoms with van der Waals surface area (Å²) in [6, 6.07) is 7.48. The minimum absolute atomic E-state index is 0.0164. The van der Waals surface area contributed by atoms with Crippen molar-refractivity contribution in [1.82, 2.24) is 34.9 Å². The molecular formula is C20H23N7O2. The molecule has 29 heavy (non-hydrogen) atoms. The molecule has 0 aliphatic heterocycles. The number of hydrogen-bond acceptors (Lipinski definition) is 6. The van der Waals surface area contributed by atoms with Crippen LogP contribution >= 0.6 is 0 Å². The lowest BCUT2D eigenvalue weighted by Gasteiger charge is -2.06. The fourth-order valence-corrected chi connectivity index (χ4v) is 3.37. The highest BCUT2D eigenvalue weighted by molar-refractivity contribution is 5.76. The van der Waals surface area contributed by atoms with E-state index in [2.05, 4.69) is 25.7 Å². The Morgan fingerprint density at radius 2 is 1.97 bits per heavy atom. The number of aryl methyl sites for hydroxylation is 2. The van der Waals surface area contributed by atoms with Crippen LogP contribution in [0.4, 0.5) is 0 Å². The molecule has 1 N–H and O–H groups in total. The molecule has 0 spiro atoms. The highest BCUT2D eigenvalue weighted by Crippen LogP contribution is 2.18. The van der Waals surface area contributed by atoms with Gasteiger partial charge in [-0.25, -0.2) is 4.68 Å². The summed E-state index contributed by atoms with van der Waals surface area (Å²) < 4.78 is 8.77. The van der Waals surface area contributed by atoms with Crippen LogP contribution in [0.2, 0.25) is 0 Å². The first-order valence-corrected chi connectivity index (χ1v) is 9.56. The average molecular weight is 393 g/mol. The third-order valence-corrected chi connectivity index (χ3v) is 4.94. The van der Waals surface area contributed by atoms with Gasteiger partial charge in [-0.1, -0.05) is 0 Å². The topological polar surface area (TPSA) is 103 Å². The molecule has 4 aromatic heterocycles. The second-order valence-electron chi connectivity index (χ2n) is 6.95. The molecule has 1 amide bonds. The molecule has 0 aromatic carbocycles. The molecule has 0 saturated heterocycles. The molecule has 9 nitrogen and oxygen atoms in total. The van der Waals surface area contributed by atoms with Gasteiger partial charge in [0.25, 0.3) is 0 Å². The minimum Gasteiger partial charge on any atom is -0.469 e. The SMILES string of the molecule is Cc1nn(-c2ccc3nnc(C)n3n2)c(C)c1CCC(=O)NCCc1ccco1. The van der Waals surface area contributed by atoms with E-state index in [0.717, 1.165) is 28.5 Å². The van der Waals surface area contributed by atoms with Gasteiger partial charge in [-0.15, -0.1) is 15.3 Å². The van der Waals surface area contributed by atoms with Crippen LogP contribution in [0.15, 0.2) is 34.9 Å². The van der Waals surface area contributed by atoms with Crippen LogP contribution in [-0.4, -0.2) is 42.0 Å². The molecule has 0 bridgehead atoms. The third kappa shape index (κ3) is 3.89. The maximum absolute atomic E-state index is 12.2. The Morgan fingerprint density at radius 3 is 2.76 bits per heavy atom. The van der Waals surface area contributed by atoms with Gasteiger partial charge in [0.1, 0.15) is 5.76 Å². The summed E-state index contributed by atoms with van der Waals surface area (Å²) in [6.45, 7) is 6.37. The first-order chi connectivity index (χ1) is 14.0. The van der Waals surface area contributed by atoms with Gasteiger partial charge in [0.05, 0.1) is 12.0 Å². The third-order valence-electron chi connectivity index (χ3n) is 4.94. The van der Waals surface area contributed by atoms with Crippen LogP contribution in [0.25, 0.3) is 11.5 Å². The minimum atomic E-state index is 0.0164. The Balaban J connectivity index is 1.42. The maximum Gasteiger partial charge on any atom is 0.220 e. The van der Waals surface area contributed by atoms with E-state index in [9.17, 15) is 4.79 Å². The van der Waals surface area contributed by atoms with Crippen molar-refractivity contribution in [2.75, 3.05) is 6.54 Å². The normalized spacial score (nSPS) is 11.3. The fourth-order valence-electron chi connectivity index (χ4n) is 3.37. The standard InChI is InChI=1S/C20H23N7O2/c1-13-17(6-9-20(28)21-11-10-16-5-4-12-29-16)14(2)26(24-13)19-8-7-18-23-22-15(3)27(18)25-19/h4-5,7-8,12H,6,9-11H2,1-3H3,(H,21,28). The van der Waals surface area contributed by atoms with Crippen LogP contribution < -0.4 is 5.32 Å². The Kier molecular flexibility index (Phi) is 5.11. The monoisotopic (exact) mass is 393 g/mol. The molecule has 0 saturated carbocycles. The second kappa shape index (κ2) is 7.86. The summed E-state index contributed by atoms with van der Waals surface area (Å²) in [5.41, 5.74) is 3.63. The largest absolute Gasteiger partial charge is 0.469 e. The molecular weight excluding hydrogens is 370 g/mol. The van der Waals surface area contributed by atoms with Crippen LogP contribution in [0, 0.1) is 20.8 Å².